The summed E-state index contributed by atoms with van der Waals surface area (Å²) in [5.41, 5.74) is 0.742. The predicted octanol–water partition coefficient (Wildman–Crippen LogP) is 3.03. The third-order valence-electron chi connectivity index (χ3n) is 4.83. The van der Waals surface area contributed by atoms with Crippen LogP contribution in [0.15, 0.2) is 53.4 Å². The van der Waals surface area contributed by atoms with Crippen LogP contribution in [0.5, 0.6) is 0 Å². The summed E-state index contributed by atoms with van der Waals surface area (Å²) in [6.07, 6.45) is 0.232. The van der Waals surface area contributed by atoms with E-state index in [1.807, 2.05) is 0 Å². The van der Waals surface area contributed by atoms with Gasteiger partial charge in [0.2, 0.25) is 17.7 Å². The van der Waals surface area contributed by atoms with Gasteiger partial charge in [-0.1, -0.05) is 29.8 Å². The van der Waals surface area contributed by atoms with Crippen LogP contribution in [0.1, 0.15) is 26.2 Å². The molecular formula is C21H22ClN3O5S. The van der Waals surface area contributed by atoms with E-state index >= 15 is 0 Å². The number of amides is 3. The van der Waals surface area contributed by atoms with Crippen molar-refractivity contribution < 1.29 is 22.8 Å². The fourth-order valence-electron chi connectivity index (χ4n) is 3.29. The van der Waals surface area contributed by atoms with Crippen molar-refractivity contribution in [1.82, 2.24) is 4.90 Å². The number of benzene rings is 2. The molecule has 0 bridgehead atoms. The van der Waals surface area contributed by atoms with Gasteiger partial charge in [0.15, 0.2) is 0 Å². The molecule has 1 heterocycles. The van der Waals surface area contributed by atoms with E-state index in [1.165, 1.54) is 22.5 Å². The minimum Gasteiger partial charge on any atom is -0.326 e. The lowest BCUT2D eigenvalue weighted by Crippen LogP contribution is -2.32. The van der Waals surface area contributed by atoms with Gasteiger partial charge in [-0.15, -0.1) is 0 Å². The molecule has 0 spiro atoms. The van der Waals surface area contributed by atoms with Crippen LogP contribution < -0.4 is 9.62 Å². The highest BCUT2D eigenvalue weighted by molar-refractivity contribution is 7.93. The number of halogens is 1. The van der Waals surface area contributed by atoms with Crippen molar-refractivity contribution in [3.63, 3.8) is 0 Å². The molecule has 3 rings (SSSR count). The number of rotatable bonds is 8. The Kier molecular flexibility index (Phi) is 6.97. The standard InChI is InChI=1S/C21H22ClN3O5S/c1-2-25(16-6-4-3-5-7-16)31(29,30)18-14-15(8-9-17(18)22)23-19(26)12-13-24-20(27)10-11-21(24)28/h3-9,14H,2,10-13H2,1H3,(H,23,26). The maximum absolute atomic E-state index is 13.2. The van der Waals surface area contributed by atoms with Crippen molar-refractivity contribution in [3.8, 4) is 0 Å². The molecule has 1 saturated heterocycles. The molecule has 2 aromatic carbocycles. The minimum atomic E-state index is -3.98. The molecule has 10 heteroatoms. The Morgan fingerprint density at radius 2 is 1.74 bits per heavy atom. The van der Waals surface area contributed by atoms with E-state index in [4.69, 9.17) is 11.6 Å². The average Bonchev–Trinajstić information content (AvgIpc) is 3.06. The average molecular weight is 464 g/mol. The van der Waals surface area contributed by atoms with Crippen molar-refractivity contribution in [2.24, 2.45) is 0 Å². The molecule has 0 saturated carbocycles. The molecule has 0 radical (unpaired) electrons. The fourth-order valence-corrected chi connectivity index (χ4v) is 5.27. The number of carbonyl (C=O) groups excluding carboxylic acids is 3. The van der Waals surface area contributed by atoms with Crippen LogP contribution in [0.3, 0.4) is 0 Å². The highest BCUT2D eigenvalue weighted by Crippen LogP contribution is 2.30. The molecule has 1 aliphatic rings. The molecular weight excluding hydrogens is 442 g/mol. The lowest BCUT2D eigenvalue weighted by Gasteiger charge is -2.23. The monoisotopic (exact) mass is 463 g/mol. The maximum atomic E-state index is 13.2. The largest absolute Gasteiger partial charge is 0.326 e. The summed E-state index contributed by atoms with van der Waals surface area (Å²) in [4.78, 5) is 36.5. The van der Waals surface area contributed by atoms with Gasteiger partial charge in [0, 0.05) is 38.0 Å². The van der Waals surface area contributed by atoms with Gasteiger partial charge in [0.1, 0.15) is 4.90 Å². The number of anilines is 2. The number of likely N-dealkylation sites (tertiary alicyclic amines) is 1. The van der Waals surface area contributed by atoms with Gasteiger partial charge < -0.3 is 5.32 Å². The molecule has 1 N–H and O–H groups in total. The van der Waals surface area contributed by atoms with Gasteiger partial charge >= 0.3 is 0 Å². The normalized spacial score (nSPS) is 14.1. The molecule has 0 atom stereocenters. The quantitative estimate of drug-likeness (QED) is 0.606. The molecule has 164 valence electrons. The number of sulfonamides is 1. The Labute approximate surface area is 185 Å². The van der Waals surface area contributed by atoms with Crippen LogP contribution in [0, 0.1) is 0 Å². The van der Waals surface area contributed by atoms with Crippen LogP contribution in [-0.2, 0) is 24.4 Å². The summed E-state index contributed by atoms with van der Waals surface area (Å²) in [5.74, 6) is -1.04. The van der Waals surface area contributed by atoms with Crippen LogP contribution >= 0.6 is 11.6 Å². The first-order valence-electron chi connectivity index (χ1n) is 9.74. The second-order valence-corrected chi connectivity index (χ2v) is 9.13. The Balaban J connectivity index is 1.77. The smallest absolute Gasteiger partial charge is 0.265 e. The third-order valence-corrected chi connectivity index (χ3v) is 7.22. The van der Waals surface area contributed by atoms with Gasteiger partial charge in [-0.05, 0) is 37.3 Å². The fraction of sp³-hybridized carbons (Fsp3) is 0.286. The summed E-state index contributed by atoms with van der Waals surface area (Å²) in [7, 11) is -3.98. The van der Waals surface area contributed by atoms with Crippen LogP contribution in [0.25, 0.3) is 0 Å². The molecule has 1 fully saturated rings. The zero-order valence-corrected chi connectivity index (χ0v) is 18.4. The van der Waals surface area contributed by atoms with Gasteiger partial charge in [-0.25, -0.2) is 8.42 Å². The number of hydrogen-bond donors (Lipinski definition) is 1. The summed E-state index contributed by atoms with van der Waals surface area (Å²) in [5, 5.41) is 2.63. The molecule has 2 aromatic rings. The Morgan fingerprint density at radius 1 is 1.10 bits per heavy atom. The maximum Gasteiger partial charge on any atom is 0.265 e. The second-order valence-electron chi connectivity index (χ2n) is 6.89. The molecule has 0 unspecified atom stereocenters. The van der Waals surface area contributed by atoms with Crippen molar-refractivity contribution in [3.05, 3.63) is 53.6 Å². The van der Waals surface area contributed by atoms with E-state index in [-0.39, 0.29) is 59.8 Å². The van der Waals surface area contributed by atoms with E-state index in [0.29, 0.717) is 5.69 Å². The Hall–Kier alpha value is -2.91. The van der Waals surface area contributed by atoms with Gasteiger partial charge in [0.05, 0.1) is 10.7 Å². The van der Waals surface area contributed by atoms with E-state index in [2.05, 4.69) is 5.32 Å². The Morgan fingerprint density at radius 3 is 2.35 bits per heavy atom. The first-order chi connectivity index (χ1) is 14.7. The van der Waals surface area contributed by atoms with Crippen LogP contribution in [-0.4, -0.2) is 44.1 Å². The summed E-state index contributed by atoms with van der Waals surface area (Å²) < 4.78 is 27.7. The van der Waals surface area contributed by atoms with E-state index in [0.717, 1.165) is 4.90 Å². The highest BCUT2D eigenvalue weighted by Gasteiger charge is 2.29. The zero-order valence-electron chi connectivity index (χ0n) is 16.9. The zero-order chi connectivity index (χ0) is 22.6. The summed E-state index contributed by atoms with van der Waals surface area (Å²) in [6, 6.07) is 12.8. The number of nitrogens with zero attached hydrogens (tertiary/aromatic N) is 2. The number of imide groups is 1. The van der Waals surface area contributed by atoms with Crippen molar-refractivity contribution >= 4 is 50.7 Å². The SMILES string of the molecule is CCN(c1ccccc1)S(=O)(=O)c1cc(NC(=O)CCN2C(=O)CCC2=O)ccc1Cl. The number of hydrogen-bond acceptors (Lipinski definition) is 5. The van der Waals surface area contributed by atoms with E-state index < -0.39 is 15.9 Å². The first-order valence-corrected chi connectivity index (χ1v) is 11.6. The third kappa shape index (κ3) is 5.05. The summed E-state index contributed by atoms with van der Waals surface area (Å²) >= 11 is 6.18. The number of nitrogens with one attached hydrogen (secondary N) is 1. The van der Waals surface area contributed by atoms with Gasteiger partial charge in [0.25, 0.3) is 10.0 Å². The lowest BCUT2D eigenvalue weighted by atomic mass is 10.3. The van der Waals surface area contributed by atoms with E-state index in [1.54, 1.807) is 37.3 Å². The molecule has 3 amide bonds. The molecule has 8 nitrogen and oxygen atoms in total. The minimum absolute atomic E-state index is 0.0140. The van der Waals surface area contributed by atoms with Crippen molar-refractivity contribution in [2.75, 3.05) is 22.7 Å². The number of para-hydroxylation sites is 1. The highest BCUT2D eigenvalue weighted by atomic mass is 35.5. The van der Waals surface area contributed by atoms with Gasteiger partial charge in [-0.2, -0.15) is 0 Å². The van der Waals surface area contributed by atoms with Crippen molar-refractivity contribution in [1.29, 1.82) is 0 Å². The van der Waals surface area contributed by atoms with E-state index in [9.17, 15) is 22.8 Å². The summed E-state index contributed by atoms with van der Waals surface area (Å²) in [6.45, 7) is 1.89. The van der Waals surface area contributed by atoms with Crippen LogP contribution in [0.4, 0.5) is 11.4 Å². The topological polar surface area (TPSA) is 104 Å². The lowest BCUT2D eigenvalue weighted by molar-refractivity contribution is -0.138. The first kappa shape index (κ1) is 22.8. The molecule has 1 aliphatic heterocycles. The molecule has 0 aliphatic carbocycles. The number of carbonyl (C=O) groups is 3. The predicted molar refractivity (Wildman–Crippen MR) is 117 cm³/mol. The van der Waals surface area contributed by atoms with Crippen molar-refractivity contribution in [2.45, 2.75) is 31.1 Å². The van der Waals surface area contributed by atoms with Crippen LogP contribution in [0.2, 0.25) is 5.02 Å². The van der Waals surface area contributed by atoms with Gasteiger partial charge in [-0.3, -0.25) is 23.6 Å². The second kappa shape index (κ2) is 9.49. The Bertz CT molecular complexity index is 1090. The molecule has 31 heavy (non-hydrogen) atoms. The molecule has 0 aromatic heterocycles.